The van der Waals surface area contributed by atoms with Crippen LogP contribution in [0.1, 0.15) is 33.6 Å². The van der Waals surface area contributed by atoms with Gasteiger partial charge in [0.25, 0.3) is 5.91 Å². The molecule has 1 aromatic rings. The minimum atomic E-state index is -1.35. The topological polar surface area (TPSA) is 113 Å². The quantitative estimate of drug-likeness (QED) is 0.713. The highest BCUT2D eigenvalue weighted by Gasteiger charge is 2.29. The van der Waals surface area contributed by atoms with Crippen molar-refractivity contribution in [1.82, 2.24) is 10.6 Å². The maximum absolute atomic E-state index is 12.2. The number of piperidine rings is 1. The van der Waals surface area contributed by atoms with Crippen molar-refractivity contribution < 1.29 is 24.3 Å². The summed E-state index contributed by atoms with van der Waals surface area (Å²) >= 11 is 11.5. The molecule has 1 heterocycles. The van der Waals surface area contributed by atoms with Gasteiger partial charge in [0.1, 0.15) is 6.04 Å². The lowest BCUT2D eigenvalue weighted by Crippen LogP contribution is -2.52. The van der Waals surface area contributed by atoms with E-state index in [2.05, 4.69) is 10.6 Å². The van der Waals surface area contributed by atoms with E-state index in [1.807, 2.05) is 0 Å². The highest BCUT2D eigenvalue weighted by Crippen LogP contribution is 2.26. The Hall–Kier alpha value is -2.12. The van der Waals surface area contributed by atoms with Crippen molar-refractivity contribution in [3.63, 3.8) is 0 Å². The highest BCUT2D eigenvalue weighted by atomic mass is 35.5. The maximum atomic E-state index is 12.2. The molecule has 0 radical (unpaired) electrons. The predicted octanol–water partition coefficient (Wildman–Crippen LogP) is 1.23. The first-order valence-electron chi connectivity index (χ1n) is 6.16. The van der Waals surface area contributed by atoms with Gasteiger partial charge in [0.2, 0.25) is 11.8 Å². The third kappa shape index (κ3) is 3.37. The van der Waals surface area contributed by atoms with Crippen LogP contribution in [0.25, 0.3) is 0 Å². The van der Waals surface area contributed by atoms with Crippen LogP contribution in [0.4, 0.5) is 0 Å². The Labute approximate surface area is 134 Å². The largest absolute Gasteiger partial charge is 0.478 e. The SMILES string of the molecule is O=C1CC[C@@H](NC(=O)c2cc(Cl)c(Cl)cc2C(=O)O)C(=O)N1. The molecule has 116 valence electrons. The fourth-order valence-corrected chi connectivity index (χ4v) is 2.31. The number of hydrogen-bond acceptors (Lipinski definition) is 4. The summed E-state index contributed by atoms with van der Waals surface area (Å²) in [6.07, 6.45) is 0.226. The van der Waals surface area contributed by atoms with Crippen molar-refractivity contribution in [3.05, 3.63) is 33.3 Å². The molecule has 0 saturated carbocycles. The standard InChI is InChI=1S/C13H10Cl2N2O5/c14-7-3-5(6(13(21)22)4-8(7)15)11(19)16-9-1-2-10(18)17-12(9)20/h3-4,9H,1-2H2,(H,16,19)(H,21,22)(H,17,18,20)/t9-/m1/s1. The van der Waals surface area contributed by atoms with Crippen molar-refractivity contribution in [2.45, 2.75) is 18.9 Å². The Morgan fingerprint density at radius 1 is 1.18 bits per heavy atom. The Kier molecular flexibility index (Phi) is 4.68. The van der Waals surface area contributed by atoms with Gasteiger partial charge in [-0.15, -0.1) is 0 Å². The molecule has 0 unspecified atom stereocenters. The summed E-state index contributed by atoms with van der Waals surface area (Å²) in [5, 5.41) is 13.6. The van der Waals surface area contributed by atoms with Gasteiger partial charge >= 0.3 is 5.97 Å². The maximum Gasteiger partial charge on any atom is 0.336 e. The first-order valence-corrected chi connectivity index (χ1v) is 6.92. The fraction of sp³-hybridized carbons (Fsp3) is 0.231. The van der Waals surface area contributed by atoms with Crippen LogP contribution in [0, 0.1) is 0 Å². The molecular weight excluding hydrogens is 335 g/mol. The second kappa shape index (κ2) is 6.33. The number of carboxylic acid groups (broad SMARTS) is 1. The normalized spacial score (nSPS) is 17.8. The number of amides is 3. The van der Waals surface area contributed by atoms with Crippen LogP contribution in [0.15, 0.2) is 12.1 Å². The molecule has 0 aliphatic carbocycles. The van der Waals surface area contributed by atoms with Crippen molar-refractivity contribution in [2.24, 2.45) is 0 Å². The van der Waals surface area contributed by atoms with E-state index in [-0.39, 0.29) is 34.0 Å². The summed E-state index contributed by atoms with van der Waals surface area (Å²) in [6, 6.07) is 1.27. The van der Waals surface area contributed by atoms with Gasteiger partial charge < -0.3 is 10.4 Å². The van der Waals surface area contributed by atoms with E-state index in [4.69, 9.17) is 28.3 Å². The number of rotatable bonds is 3. The molecule has 1 aliphatic rings. The number of hydrogen-bond donors (Lipinski definition) is 3. The minimum Gasteiger partial charge on any atom is -0.478 e. The number of halogens is 2. The van der Waals surface area contributed by atoms with Gasteiger partial charge in [-0.05, 0) is 18.6 Å². The first kappa shape index (κ1) is 16.3. The average Bonchev–Trinajstić information content (AvgIpc) is 2.44. The monoisotopic (exact) mass is 344 g/mol. The van der Waals surface area contributed by atoms with Crippen LogP contribution in [-0.4, -0.2) is 34.8 Å². The number of benzene rings is 1. The summed E-state index contributed by atoms with van der Waals surface area (Å²) in [6.45, 7) is 0. The van der Waals surface area contributed by atoms with Crippen LogP contribution in [0.2, 0.25) is 10.0 Å². The number of imide groups is 1. The molecule has 7 nitrogen and oxygen atoms in total. The second-order valence-electron chi connectivity index (χ2n) is 4.59. The Morgan fingerprint density at radius 3 is 2.32 bits per heavy atom. The highest BCUT2D eigenvalue weighted by molar-refractivity contribution is 6.42. The molecule has 0 aromatic heterocycles. The molecule has 2 rings (SSSR count). The number of carboxylic acids is 1. The fourth-order valence-electron chi connectivity index (χ4n) is 1.98. The van der Waals surface area contributed by atoms with Gasteiger partial charge in [0.05, 0.1) is 21.2 Å². The van der Waals surface area contributed by atoms with Crippen LogP contribution in [0.3, 0.4) is 0 Å². The summed E-state index contributed by atoms with van der Waals surface area (Å²) in [7, 11) is 0. The third-order valence-corrected chi connectivity index (χ3v) is 3.80. The lowest BCUT2D eigenvalue weighted by atomic mass is 10.0. The lowest BCUT2D eigenvalue weighted by Gasteiger charge is -2.22. The summed E-state index contributed by atoms with van der Waals surface area (Å²) in [4.78, 5) is 46.0. The van der Waals surface area contributed by atoms with E-state index in [9.17, 15) is 19.2 Å². The zero-order valence-corrected chi connectivity index (χ0v) is 12.5. The number of aromatic carboxylic acids is 1. The average molecular weight is 345 g/mol. The van der Waals surface area contributed by atoms with Crippen LogP contribution in [-0.2, 0) is 9.59 Å². The van der Waals surface area contributed by atoms with Crippen LogP contribution in [0.5, 0.6) is 0 Å². The predicted molar refractivity (Wildman–Crippen MR) is 77.1 cm³/mol. The summed E-state index contributed by atoms with van der Waals surface area (Å²) in [5.74, 6) is -3.20. The Balaban J connectivity index is 2.26. The van der Waals surface area contributed by atoms with Crippen molar-refractivity contribution >= 4 is 46.9 Å². The van der Waals surface area contributed by atoms with Crippen molar-refractivity contribution in [2.75, 3.05) is 0 Å². The molecule has 3 N–H and O–H groups in total. The molecule has 22 heavy (non-hydrogen) atoms. The second-order valence-corrected chi connectivity index (χ2v) is 5.41. The zero-order valence-electron chi connectivity index (χ0n) is 11.0. The Morgan fingerprint density at radius 2 is 1.77 bits per heavy atom. The zero-order chi connectivity index (χ0) is 16.4. The molecule has 1 atom stereocenters. The van der Waals surface area contributed by atoms with Crippen LogP contribution < -0.4 is 10.6 Å². The third-order valence-electron chi connectivity index (χ3n) is 3.08. The van der Waals surface area contributed by atoms with E-state index in [0.717, 1.165) is 12.1 Å². The molecule has 3 amide bonds. The van der Waals surface area contributed by atoms with E-state index >= 15 is 0 Å². The van der Waals surface area contributed by atoms with Crippen molar-refractivity contribution in [1.29, 1.82) is 0 Å². The lowest BCUT2D eigenvalue weighted by molar-refractivity contribution is -0.134. The molecule has 1 aliphatic heterocycles. The van der Waals surface area contributed by atoms with E-state index < -0.39 is 29.7 Å². The molecule has 9 heteroatoms. The number of carbonyl (C=O) groups is 4. The van der Waals surface area contributed by atoms with Gasteiger partial charge in [-0.3, -0.25) is 19.7 Å². The minimum absolute atomic E-state index is 0.00313. The van der Waals surface area contributed by atoms with Gasteiger partial charge in [0, 0.05) is 6.42 Å². The molecular formula is C13H10Cl2N2O5. The van der Waals surface area contributed by atoms with E-state index in [1.54, 1.807) is 0 Å². The van der Waals surface area contributed by atoms with E-state index in [0.29, 0.717) is 0 Å². The van der Waals surface area contributed by atoms with Gasteiger partial charge in [-0.2, -0.15) is 0 Å². The molecule has 0 spiro atoms. The molecule has 1 aromatic carbocycles. The number of nitrogens with one attached hydrogen (secondary N) is 2. The summed E-state index contributed by atoms with van der Waals surface area (Å²) in [5.41, 5.74) is -0.550. The first-order chi connectivity index (χ1) is 10.3. The van der Waals surface area contributed by atoms with Gasteiger partial charge in [-0.25, -0.2) is 4.79 Å². The van der Waals surface area contributed by atoms with Gasteiger partial charge in [0.15, 0.2) is 0 Å². The smallest absolute Gasteiger partial charge is 0.336 e. The summed E-state index contributed by atoms with van der Waals surface area (Å²) < 4.78 is 0. The van der Waals surface area contributed by atoms with E-state index in [1.165, 1.54) is 0 Å². The van der Waals surface area contributed by atoms with Crippen molar-refractivity contribution in [3.8, 4) is 0 Å². The van der Waals surface area contributed by atoms with Crippen LogP contribution >= 0.6 is 23.2 Å². The molecule has 0 bridgehead atoms. The van der Waals surface area contributed by atoms with Gasteiger partial charge in [-0.1, -0.05) is 23.2 Å². The molecule has 1 fully saturated rings. The number of carbonyl (C=O) groups excluding carboxylic acids is 3. The Bertz CT molecular complexity index is 689. The molecule has 1 saturated heterocycles.